The van der Waals surface area contributed by atoms with Gasteiger partial charge in [-0.1, -0.05) is 19.4 Å². The molecular formula is C18H28N2O3. The molecule has 2 rings (SSSR count). The average molecular weight is 320 g/mol. The average Bonchev–Trinajstić information content (AvgIpc) is 2.55. The van der Waals surface area contributed by atoms with Crippen LogP contribution in [-0.4, -0.2) is 49.2 Å². The highest BCUT2D eigenvalue weighted by atomic mass is 16.5. The first-order chi connectivity index (χ1) is 10.9. The van der Waals surface area contributed by atoms with Crippen molar-refractivity contribution in [2.45, 2.75) is 45.3 Å². The standard InChI is InChI=1S/C18H28N2O3/c1-5-6-10-19(3)11-9-16(21)14-7-8-17-15(12-14)20(4)18(22)13(2)23-17/h7-8,12-13,16,21H,5-6,9-11H2,1-4H3. The summed E-state index contributed by atoms with van der Waals surface area (Å²) in [6.07, 6.45) is 2.03. The molecule has 1 N–H and O–H groups in total. The highest BCUT2D eigenvalue weighted by Gasteiger charge is 2.29. The molecule has 0 aliphatic carbocycles. The Morgan fingerprint density at radius 1 is 1.39 bits per heavy atom. The lowest BCUT2D eigenvalue weighted by Crippen LogP contribution is -2.42. The number of aliphatic hydroxyl groups is 1. The van der Waals surface area contributed by atoms with Gasteiger partial charge < -0.3 is 19.6 Å². The first-order valence-electron chi connectivity index (χ1n) is 8.38. The molecule has 0 radical (unpaired) electrons. The summed E-state index contributed by atoms with van der Waals surface area (Å²) in [5.74, 6) is 0.624. The van der Waals surface area contributed by atoms with E-state index in [0.29, 0.717) is 12.2 Å². The fourth-order valence-corrected chi connectivity index (χ4v) is 2.78. The second-order valence-corrected chi connectivity index (χ2v) is 6.35. The lowest BCUT2D eigenvalue weighted by Gasteiger charge is -2.31. The molecule has 0 saturated heterocycles. The summed E-state index contributed by atoms with van der Waals surface area (Å²) in [6.45, 7) is 5.82. The minimum absolute atomic E-state index is 0.0663. The number of unbranched alkanes of at least 4 members (excludes halogenated alkanes) is 1. The molecule has 1 amide bonds. The van der Waals surface area contributed by atoms with Crippen LogP contribution in [0, 0.1) is 0 Å². The molecule has 1 heterocycles. The molecule has 23 heavy (non-hydrogen) atoms. The van der Waals surface area contributed by atoms with Crippen LogP contribution in [0.2, 0.25) is 0 Å². The Morgan fingerprint density at radius 3 is 2.83 bits per heavy atom. The SMILES string of the molecule is CCCCN(C)CCC(O)c1ccc2c(c1)N(C)C(=O)C(C)O2. The molecule has 1 aromatic carbocycles. The molecule has 1 aliphatic heterocycles. The minimum atomic E-state index is -0.535. The number of hydrogen-bond donors (Lipinski definition) is 1. The van der Waals surface area contributed by atoms with Crippen LogP contribution < -0.4 is 9.64 Å². The number of nitrogens with zero attached hydrogens (tertiary/aromatic N) is 2. The molecule has 0 aromatic heterocycles. The van der Waals surface area contributed by atoms with Gasteiger partial charge in [0.1, 0.15) is 5.75 Å². The zero-order valence-corrected chi connectivity index (χ0v) is 14.6. The Balaban J connectivity index is 2.02. The lowest BCUT2D eigenvalue weighted by atomic mass is 10.0. The minimum Gasteiger partial charge on any atom is -0.479 e. The monoisotopic (exact) mass is 320 g/mol. The number of carbonyl (C=O) groups excluding carboxylic acids is 1. The number of carbonyl (C=O) groups is 1. The molecule has 1 aromatic rings. The highest BCUT2D eigenvalue weighted by molar-refractivity contribution is 5.99. The van der Waals surface area contributed by atoms with Gasteiger partial charge in [0.05, 0.1) is 11.8 Å². The number of fused-ring (bicyclic) bond motifs is 1. The molecule has 2 unspecified atom stereocenters. The van der Waals surface area contributed by atoms with Gasteiger partial charge >= 0.3 is 0 Å². The highest BCUT2D eigenvalue weighted by Crippen LogP contribution is 2.35. The first-order valence-corrected chi connectivity index (χ1v) is 8.38. The van der Waals surface area contributed by atoms with Crippen molar-refractivity contribution in [3.63, 3.8) is 0 Å². The summed E-state index contributed by atoms with van der Waals surface area (Å²) in [5, 5.41) is 10.4. The maximum absolute atomic E-state index is 12.0. The van der Waals surface area contributed by atoms with Gasteiger partial charge in [0.2, 0.25) is 0 Å². The van der Waals surface area contributed by atoms with Crippen molar-refractivity contribution in [3.05, 3.63) is 23.8 Å². The van der Waals surface area contributed by atoms with Gasteiger partial charge in [0.25, 0.3) is 5.91 Å². The number of hydrogen-bond acceptors (Lipinski definition) is 4. The normalized spacial score (nSPS) is 18.8. The summed E-state index contributed by atoms with van der Waals surface area (Å²) in [4.78, 5) is 15.9. The Hall–Kier alpha value is -1.59. The van der Waals surface area contributed by atoms with Crippen LogP contribution in [0.3, 0.4) is 0 Å². The summed E-state index contributed by atoms with van der Waals surface area (Å²) < 4.78 is 5.61. The van der Waals surface area contributed by atoms with Crippen LogP contribution >= 0.6 is 0 Å². The summed E-state index contributed by atoms with van der Waals surface area (Å²) in [7, 11) is 3.83. The predicted octanol–water partition coefficient (Wildman–Crippen LogP) is 2.59. The van der Waals surface area contributed by atoms with E-state index in [9.17, 15) is 9.90 Å². The summed E-state index contributed by atoms with van der Waals surface area (Å²) in [6, 6.07) is 5.58. The van der Waals surface area contributed by atoms with Crippen molar-refractivity contribution in [2.75, 3.05) is 32.1 Å². The third kappa shape index (κ3) is 4.24. The van der Waals surface area contributed by atoms with Gasteiger partial charge in [-0.25, -0.2) is 0 Å². The van der Waals surface area contributed by atoms with E-state index in [0.717, 1.165) is 24.3 Å². The molecule has 2 atom stereocenters. The van der Waals surface area contributed by atoms with Crippen LogP contribution in [0.5, 0.6) is 5.75 Å². The van der Waals surface area contributed by atoms with E-state index in [2.05, 4.69) is 18.9 Å². The number of anilines is 1. The number of likely N-dealkylation sites (N-methyl/N-ethyl adjacent to an activating group) is 1. The summed E-state index contributed by atoms with van der Waals surface area (Å²) in [5.41, 5.74) is 1.55. The maximum atomic E-state index is 12.0. The third-order valence-electron chi connectivity index (χ3n) is 4.39. The van der Waals surface area contributed by atoms with Crippen molar-refractivity contribution in [3.8, 4) is 5.75 Å². The fourth-order valence-electron chi connectivity index (χ4n) is 2.78. The van der Waals surface area contributed by atoms with E-state index >= 15 is 0 Å². The van der Waals surface area contributed by atoms with Gasteiger partial charge in [0.15, 0.2) is 6.10 Å². The number of rotatable bonds is 7. The van der Waals surface area contributed by atoms with Gasteiger partial charge in [-0.15, -0.1) is 0 Å². The molecule has 1 aliphatic rings. The van der Waals surface area contributed by atoms with Crippen LogP contribution in [0.15, 0.2) is 18.2 Å². The number of benzene rings is 1. The van der Waals surface area contributed by atoms with Crippen molar-refractivity contribution in [2.24, 2.45) is 0 Å². The van der Waals surface area contributed by atoms with Gasteiger partial charge in [-0.2, -0.15) is 0 Å². The van der Waals surface area contributed by atoms with Crippen LogP contribution in [0.25, 0.3) is 0 Å². The second kappa shape index (κ2) is 7.79. The topological polar surface area (TPSA) is 53.0 Å². The van der Waals surface area contributed by atoms with Crippen molar-refractivity contribution >= 4 is 11.6 Å². The van der Waals surface area contributed by atoms with Crippen molar-refractivity contribution in [1.82, 2.24) is 4.90 Å². The third-order valence-corrected chi connectivity index (χ3v) is 4.39. The van der Waals surface area contributed by atoms with E-state index < -0.39 is 12.2 Å². The van der Waals surface area contributed by atoms with Crippen LogP contribution in [0.4, 0.5) is 5.69 Å². The van der Waals surface area contributed by atoms with Crippen molar-refractivity contribution < 1.29 is 14.6 Å². The summed E-state index contributed by atoms with van der Waals surface area (Å²) >= 11 is 0. The molecular weight excluding hydrogens is 292 g/mol. The van der Waals surface area contributed by atoms with E-state index in [-0.39, 0.29) is 5.91 Å². The zero-order chi connectivity index (χ0) is 17.0. The Morgan fingerprint density at radius 2 is 2.13 bits per heavy atom. The first kappa shape index (κ1) is 17.8. The molecule has 5 heteroatoms. The molecule has 0 bridgehead atoms. The van der Waals surface area contributed by atoms with E-state index in [1.165, 1.54) is 12.8 Å². The van der Waals surface area contributed by atoms with E-state index in [1.54, 1.807) is 18.9 Å². The largest absolute Gasteiger partial charge is 0.479 e. The predicted molar refractivity (Wildman–Crippen MR) is 91.9 cm³/mol. The van der Waals surface area contributed by atoms with Gasteiger partial charge in [0, 0.05) is 13.6 Å². The number of aliphatic hydroxyl groups excluding tert-OH is 1. The molecule has 0 spiro atoms. The van der Waals surface area contributed by atoms with E-state index in [4.69, 9.17) is 4.74 Å². The Labute approximate surface area is 138 Å². The van der Waals surface area contributed by atoms with Crippen LogP contribution in [-0.2, 0) is 4.79 Å². The number of amides is 1. The number of ether oxygens (including phenoxy) is 1. The van der Waals surface area contributed by atoms with Gasteiger partial charge in [-0.3, -0.25) is 4.79 Å². The maximum Gasteiger partial charge on any atom is 0.267 e. The molecule has 128 valence electrons. The quantitative estimate of drug-likeness (QED) is 0.839. The molecule has 0 saturated carbocycles. The van der Waals surface area contributed by atoms with Crippen molar-refractivity contribution in [1.29, 1.82) is 0 Å². The molecule has 5 nitrogen and oxygen atoms in total. The molecule has 0 fully saturated rings. The van der Waals surface area contributed by atoms with Gasteiger partial charge in [-0.05, 0) is 51.1 Å². The van der Waals surface area contributed by atoms with E-state index in [1.807, 2.05) is 18.2 Å². The lowest BCUT2D eigenvalue weighted by molar-refractivity contribution is -0.125. The second-order valence-electron chi connectivity index (χ2n) is 6.35. The fraction of sp³-hybridized carbons (Fsp3) is 0.611. The van der Waals surface area contributed by atoms with Crippen LogP contribution in [0.1, 0.15) is 44.8 Å². The Kier molecular flexibility index (Phi) is 6.02. The Bertz CT molecular complexity index is 547. The zero-order valence-electron chi connectivity index (χ0n) is 14.6. The smallest absolute Gasteiger partial charge is 0.267 e.